The quantitative estimate of drug-likeness (QED) is 0.169. The Labute approximate surface area is 344 Å². The van der Waals surface area contributed by atoms with Crippen LogP contribution in [0.4, 0.5) is 0 Å². The summed E-state index contributed by atoms with van der Waals surface area (Å²) in [7, 11) is 0. The van der Waals surface area contributed by atoms with E-state index in [1.807, 2.05) is 36.5 Å². The van der Waals surface area contributed by atoms with Crippen LogP contribution in [-0.2, 0) is 0 Å². The van der Waals surface area contributed by atoms with E-state index in [-0.39, 0.29) is 0 Å². The minimum Gasteiger partial charge on any atom is -0.456 e. The average Bonchev–Trinajstić information content (AvgIpc) is 3.89. The van der Waals surface area contributed by atoms with Crippen LogP contribution >= 0.6 is 0 Å². The van der Waals surface area contributed by atoms with E-state index in [1.165, 1.54) is 0 Å². The lowest BCUT2D eigenvalue weighted by Crippen LogP contribution is -1.97. The second kappa shape index (κ2) is 13.8. The Morgan fingerprint density at radius 2 is 0.850 bits per heavy atom. The minimum absolute atomic E-state index is 0.644. The van der Waals surface area contributed by atoms with Crippen molar-refractivity contribution in [3.8, 4) is 67.3 Å². The van der Waals surface area contributed by atoms with Crippen LogP contribution in [0.5, 0.6) is 0 Å². The Hall–Kier alpha value is -8.15. The Kier molecular flexibility index (Phi) is 7.78. The third-order valence-electron chi connectivity index (χ3n) is 11.6. The molecule has 0 N–H and O–H groups in total. The van der Waals surface area contributed by atoms with Gasteiger partial charge in [-0.05, 0) is 111 Å². The first-order chi connectivity index (χ1) is 29.7. The summed E-state index contributed by atoms with van der Waals surface area (Å²) in [5.74, 6) is 0.644. The molecule has 280 valence electrons. The van der Waals surface area contributed by atoms with Crippen molar-refractivity contribution in [2.24, 2.45) is 0 Å². The largest absolute Gasteiger partial charge is 0.456 e. The number of para-hydroxylation sites is 2. The lowest BCUT2D eigenvalue weighted by Gasteiger charge is -2.14. The maximum atomic E-state index is 6.25. The van der Waals surface area contributed by atoms with Gasteiger partial charge in [0.05, 0.1) is 11.4 Å². The van der Waals surface area contributed by atoms with E-state index in [2.05, 4.69) is 163 Å². The molecule has 12 rings (SSSR count). The molecule has 12 aromatic rings. The molecule has 0 saturated carbocycles. The van der Waals surface area contributed by atoms with Crippen LogP contribution in [0, 0.1) is 0 Å². The summed E-state index contributed by atoms with van der Waals surface area (Å²) in [4.78, 5) is 15.1. The molecule has 0 fully saturated rings. The molecular formula is C55H33N3O2. The molecule has 0 amide bonds. The van der Waals surface area contributed by atoms with Crippen molar-refractivity contribution in [3.05, 3.63) is 200 Å². The molecule has 0 saturated heterocycles. The molecule has 5 nitrogen and oxygen atoms in total. The first-order valence-corrected chi connectivity index (χ1v) is 20.1. The molecule has 4 heterocycles. The zero-order chi connectivity index (χ0) is 39.6. The maximum Gasteiger partial charge on any atom is 0.160 e. The lowest BCUT2D eigenvalue weighted by atomic mass is 9.93. The van der Waals surface area contributed by atoms with Crippen LogP contribution in [0.2, 0.25) is 0 Å². The molecular weight excluding hydrogens is 735 g/mol. The van der Waals surface area contributed by atoms with Gasteiger partial charge in [-0.25, -0.2) is 9.97 Å². The molecule has 5 heteroatoms. The topological polar surface area (TPSA) is 65.0 Å². The Bertz CT molecular complexity index is 3480. The highest BCUT2D eigenvalue weighted by atomic mass is 16.3. The van der Waals surface area contributed by atoms with Gasteiger partial charge in [0, 0.05) is 56.2 Å². The molecule has 0 aliphatic heterocycles. The molecule has 8 aromatic carbocycles. The molecule has 0 aliphatic rings. The number of furan rings is 2. The van der Waals surface area contributed by atoms with Crippen LogP contribution in [0.25, 0.3) is 122 Å². The van der Waals surface area contributed by atoms with E-state index in [4.69, 9.17) is 18.8 Å². The summed E-state index contributed by atoms with van der Waals surface area (Å²) in [5, 5.41) is 6.64. The molecule has 4 aromatic heterocycles. The van der Waals surface area contributed by atoms with E-state index in [0.717, 1.165) is 116 Å². The summed E-state index contributed by atoms with van der Waals surface area (Å²) in [6.07, 6.45) is 3.68. The number of benzene rings is 8. The van der Waals surface area contributed by atoms with Crippen LogP contribution < -0.4 is 0 Å². The summed E-state index contributed by atoms with van der Waals surface area (Å²) in [6, 6.07) is 65.6. The van der Waals surface area contributed by atoms with Gasteiger partial charge in [-0.15, -0.1) is 0 Å². The molecule has 0 atom stereocenters. The second-order valence-corrected chi connectivity index (χ2v) is 15.2. The average molecular weight is 768 g/mol. The van der Waals surface area contributed by atoms with E-state index in [9.17, 15) is 0 Å². The number of fused-ring (bicyclic) bond motifs is 7. The Balaban J connectivity index is 1.10. The van der Waals surface area contributed by atoms with E-state index >= 15 is 0 Å². The van der Waals surface area contributed by atoms with Gasteiger partial charge in [0.25, 0.3) is 0 Å². The Morgan fingerprint density at radius 3 is 1.55 bits per heavy atom. The van der Waals surface area contributed by atoms with Gasteiger partial charge in [-0.1, -0.05) is 115 Å². The Morgan fingerprint density at radius 1 is 0.317 bits per heavy atom. The summed E-state index contributed by atoms with van der Waals surface area (Å²) in [6.45, 7) is 0. The number of rotatable bonds is 6. The van der Waals surface area contributed by atoms with Gasteiger partial charge in [0.2, 0.25) is 0 Å². The second-order valence-electron chi connectivity index (χ2n) is 15.2. The fourth-order valence-electron chi connectivity index (χ4n) is 8.60. The van der Waals surface area contributed by atoms with E-state index < -0.39 is 0 Å². The lowest BCUT2D eigenvalue weighted by molar-refractivity contribution is 0.668. The molecule has 0 aliphatic carbocycles. The highest BCUT2D eigenvalue weighted by Gasteiger charge is 2.17. The van der Waals surface area contributed by atoms with Gasteiger partial charge >= 0.3 is 0 Å². The standard InChI is InChI=1S/C55H33N3O2/c1-2-15-43-34(10-1)11-8-18-44(43)50-32-49(57-55(58-50)38-13-7-12-35(26-38)39-14-9-25-56-33-39)42-28-40(36-21-23-53-47(30-36)45-16-3-5-19-51(45)59-53)27-41(29-42)37-22-24-54-48(31-37)46-17-4-6-20-52(46)60-54/h1-33H. The SMILES string of the molecule is c1cncc(-c2cccc(-c3nc(-c4cc(-c5ccc6oc7ccccc7c6c5)cc(-c5ccc6oc7ccccc7c6c5)c4)cc(-c4cccc5ccccc45)n3)c2)c1. The van der Waals surface area contributed by atoms with Gasteiger partial charge in [-0.2, -0.15) is 0 Å². The zero-order valence-corrected chi connectivity index (χ0v) is 32.2. The monoisotopic (exact) mass is 767 g/mol. The fourth-order valence-corrected chi connectivity index (χ4v) is 8.60. The molecule has 0 radical (unpaired) electrons. The minimum atomic E-state index is 0.644. The fraction of sp³-hybridized carbons (Fsp3) is 0. The third-order valence-corrected chi connectivity index (χ3v) is 11.6. The van der Waals surface area contributed by atoms with Gasteiger partial charge in [-0.3, -0.25) is 4.98 Å². The first kappa shape index (κ1) is 33.9. The van der Waals surface area contributed by atoms with Gasteiger partial charge in [0.1, 0.15) is 22.3 Å². The number of pyridine rings is 1. The predicted molar refractivity (Wildman–Crippen MR) is 245 cm³/mol. The molecule has 0 bridgehead atoms. The van der Waals surface area contributed by atoms with E-state index in [0.29, 0.717) is 5.82 Å². The van der Waals surface area contributed by atoms with Crippen molar-refractivity contribution >= 4 is 54.6 Å². The van der Waals surface area contributed by atoms with Gasteiger partial charge in [0.15, 0.2) is 5.82 Å². The maximum absolute atomic E-state index is 6.25. The first-order valence-electron chi connectivity index (χ1n) is 20.1. The summed E-state index contributed by atoms with van der Waals surface area (Å²) < 4.78 is 12.5. The highest BCUT2D eigenvalue weighted by molar-refractivity contribution is 6.08. The zero-order valence-electron chi connectivity index (χ0n) is 32.2. The number of nitrogens with zero attached hydrogens (tertiary/aromatic N) is 3. The van der Waals surface area contributed by atoms with Crippen LogP contribution in [-0.4, -0.2) is 15.0 Å². The van der Waals surface area contributed by atoms with Crippen molar-refractivity contribution in [2.45, 2.75) is 0 Å². The van der Waals surface area contributed by atoms with Crippen LogP contribution in [0.3, 0.4) is 0 Å². The van der Waals surface area contributed by atoms with E-state index in [1.54, 1.807) is 6.20 Å². The van der Waals surface area contributed by atoms with Crippen molar-refractivity contribution in [1.29, 1.82) is 0 Å². The number of hydrogen-bond acceptors (Lipinski definition) is 5. The normalized spacial score (nSPS) is 11.7. The summed E-state index contributed by atoms with van der Waals surface area (Å²) in [5.41, 5.74) is 14.5. The molecule has 60 heavy (non-hydrogen) atoms. The van der Waals surface area contributed by atoms with Crippen molar-refractivity contribution in [1.82, 2.24) is 15.0 Å². The third kappa shape index (κ3) is 5.83. The highest BCUT2D eigenvalue weighted by Crippen LogP contribution is 2.40. The van der Waals surface area contributed by atoms with Crippen LogP contribution in [0.15, 0.2) is 209 Å². The van der Waals surface area contributed by atoms with Crippen molar-refractivity contribution in [2.75, 3.05) is 0 Å². The molecule has 0 spiro atoms. The van der Waals surface area contributed by atoms with Crippen molar-refractivity contribution < 1.29 is 8.83 Å². The van der Waals surface area contributed by atoms with Crippen LogP contribution in [0.1, 0.15) is 0 Å². The van der Waals surface area contributed by atoms with Gasteiger partial charge < -0.3 is 8.83 Å². The number of aromatic nitrogens is 3. The molecule has 0 unspecified atom stereocenters. The smallest absolute Gasteiger partial charge is 0.160 e. The predicted octanol–water partition coefficient (Wildman–Crippen LogP) is 14.8. The van der Waals surface area contributed by atoms with Crippen molar-refractivity contribution in [3.63, 3.8) is 0 Å². The number of hydrogen-bond donors (Lipinski definition) is 0. The summed E-state index contributed by atoms with van der Waals surface area (Å²) >= 11 is 0.